The number of nitrogens with zero attached hydrogens (tertiary/aromatic N) is 2. The second kappa shape index (κ2) is 4.16. The lowest BCUT2D eigenvalue weighted by molar-refractivity contribution is 0.0980. The van der Waals surface area contributed by atoms with Crippen molar-refractivity contribution in [1.29, 1.82) is 0 Å². The first-order valence-corrected chi connectivity index (χ1v) is 5.66. The van der Waals surface area contributed by atoms with Crippen LogP contribution in [-0.4, -0.2) is 15.3 Å². The van der Waals surface area contributed by atoms with Crippen molar-refractivity contribution in [2.24, 2.45) is 7.05 Å². The molecule has 0 aliphatic rings. The number of rotatable bonds is 3. The quantitative estimate of drug-likeness (QED) is 0.773. The number of ketones is 1. The molecule has 78 valence electrons. The first kappa shape index (κ1) is 10.4. The molecule has 0 aliphatic carbocycles. The van der Waals surface area contributed by atoms with Crippen LogP contribution in [0.3, 0.4) is 0 Å². The van der Waals surface area contributed by atoms with Crippen LogP contribution in [0, 0.1) is 0 Å². The monoisotopic (exact) mass is 240 g/mol. The highest BCUT2D eigenvalue weighted by Gasteiger charge is 2.12. The molecule has 0 fully saturated rings. The number of hydrogen-bond donors (Lipinski definition) is 0. The molecule has 0 unspecified atom stereocenters. The summed E-state index contributed by atoms with van der Waals surface area (Å²) in [6.45, 7) is 0. The zero-order chi connectivity index (χ0) is 10.8. The van der Waals surface area contributed by atoms with Crippen LogP contribution in [0.5, 0.6) is 0 Å². The number of halogens is 1. The summed E-state index contributed by atoms with van der Waals surface area (Å²) < 4.78 is 2.42. The van der Waals surface area contributed by atoms with Crippen LogP contribution in [0.1, 0.15) is 16.2 Å². The summed E-state index contributed by atoms with van der Waals surface area (Å²) in [5.74, 6) is 0.495. The fourth-order valence-corrected chi connectivity index (χ4v) is 2.25. The Bertz CT molecular complexity index is 489. The van der Waals surface area contributed by atoms with Gasteiger partial charge in [0, 0.05) is 25.9 Å². The molecule has 0 spiro atoms. The fourth-order valence-electron chi connectivity index (χ4n) is 1.34. The lowest BCUT2D eigenvalue weighted by Gasteiger charge is -1.98. The Labute approximate surface area is 96.3 Å². The van der Waals surface area contributed by atoms with E-state index >= 15 is 0 Å². The van der Waals surface area contributed by atoms with Gasteiger partial charge in [-0.15, -0.1) is 11.3 Å². The van der Waals surface area contributed by atoms with Crippen LogP contribution in [0.25, 0.3) is 0 Å². The number of Topliss-reactive ketones (excluding diaryl/α,β-unsaturated/α-hetero) is 1. The average Bonchev–Trinajstić information content (AvgIpc) is 2.75. The summed E-state index contributed by atoms with van der Waals surface area (Å²) in [5, 5.41) is 1.89. The number of carbonyl (C=O) groups is 1. The maximum absolute atomic E-state index is 11.8. The number of carbonyl (C=O) groups excluding carboxylic acids is 1. The molecule has 0 saturated heterocycles. The molecular weight excluding hydrogens is 232 g/mol. The van der Waals surface area contributed by atoms with Gasteiger partial charge in [0.05, 0.1) is 4.34 Å². The van der Waals surface area contributed by atoms with E-state index in [0.717, 1.165) is 5.56 Å². The van der Waals surface area contributed by atoms with Gasteiger partial charge in [-0.05, 0) is 17.0 Å². The van der Waals surface area contributed by atoms with Gasteiger partial charge in [0.15, 0.2) is 5.82 Å². The normalized spacial score (nSPS) is 10.5. The van der Waals surface area contributed by atoms with Gasteiger partial charge < -0.3 is 4.57 Å². The number of thiophene rings is 1. The van der Waals surface area contributed by atoms with Crippen molar-refractivity contribution in [2.75, 3.05) is 0 Å². The van der Waals surface area contributed by atoms with Gasteiger partial charge in [-0.1, -0.05) is 11.6 Å². The maximum atomic E-state index is 11.8. The Morgan fingerprint density at radius 2 is 2.47 bits per heavy atom. The Morgan fingerprint density at radius 1 is 1.67 bits per heavy atom. The molecule has 0 amide bonds. The smallest absolute Gasteiger partial charge is 0.202 e. The maximum Gasteiger partial charge on any atom is 0.202 e. The minimum absolute atomic E-state index is 0.0111. The van der Waals surface area contributed by atoms with Gasteiger partial charge in [0.2, 0.25) is 5.78 Å². The van der Waals surface area contributed by atoms with E-state index in [4.69, 9.17) is 11.6 Å². The summed E-state index contributed by atoms with van der Waals surface area (Å²) in [7, 11) is 1.81. The van der Waals surface area contributed by atoms with Crippen LogP contribution in [0.2, 0.25) is 4.34 Å². The molecule has 0 N–H and O–H groups in total. The van der Waals surface area contributed by atoms with Gasteiger partial charge >= 0.3 is 0 Å². The molecule has 0 aliphatic heterocycles. The molecule has 2 aromatic rings. The van der Waals surface area contributed by atoms with Crippen LogP contribution in [0.4, 0.5) is 0 Å². The minimum Gasteiger partial charge on any atom is -0.332 e. The summed E-state index contributed by atoms with van der Waals surface area (Å²) in [4.78, 5) is 15.8. The number of imidazole rings is 1. The van der Waals surface area contributed by atoms with E-state index < -0.39 is 0 Å². The molecule has 3 nitrogen and oxygen atoms in total. The molecule has 0 radical (unpaired) electrons. The average molecular weight is 241 g/mol. The first-order chi connectivity index (χ1) is 7.16. The molecule has 15 heavy (non-hydrogen) atoms. The van der Waals surface area contributed by atoms with E-state index in [-0.39, 0.29) is 5.78 Å². The molecule has 0 bridgehead atoms. The number of hydrogen-bond acceptors (Lipinski definition) is 3. The van der Waals surface area contributed by atoms with Crippen molar-refractivity contribution in [3.05, 3.63) is 39.6 Å². The van der Waals surface area contributed by atoms with Crippen LogP contribution in [-0.2, 0) is 13.5 Å². The topological polar surface area (TPSA) is 34.9 Å². The predicted octanol–water partition coefficient (Wildman–Crippen LogP) is 2.56. The lowest BCUT2D eigenvalue weighted by atomic mass is 10.2. The first-order valence-electron chi connectivity index (χ1n) is 4.40. The number of aryl methyl sites for hydroxylation is 1. The minimum atomic E-state index is 0.0111. The Hall–Kier alpha value is -1.13. The van der Waals surface area contributed by atoms with Crippen molar-refractivity contribution < 1.29 is 4.79 Å². The molecule has 5 heteroatoms. The predicted molar refractivity (Wildman–Crippen MR) is 60.6 cm³/mol. The van der Waals surface area contributed by atoms with Crippen LogP contribution in [0.15, 0.2) is 23.8 Å². The molecule has 2 aromatic heterocycles. The molecule has 0 aromatic carbocycles. The van der Waals surface area contributed by atoms with E-state index in [9.17, 15) is 4.79 Å². The second-order valence-electron chi connectivity index (χ2n) is 3.22. The van der Waals surface area contributed by atoms with E-state index in [1.54, 1.807) is 24.0 Å². The zero-order valence-corrected chi connectivity index (χ0v) is 9.68. The molecular formula is C10H9ClN2OS. The van der Waals surface area contributed by atoms with E-state index in [1.165, 1.54) is 11.3 Å². The molecule has 0 atom stereocenters. The molecule has 0 saturated carbocycles. The van der Waals surface area contributed by atoms with Gasteiger partial charge in [-0.25, -0.2) is 4.98 Å². The SMILES string of the molecule is Cn1ccnc1C(=O)Cc1csc(Cl)c1. The Morgan fingerprint density at radius 3 is 3.00 bits per heavy atom. The van der Waals surface area contributed by atoms with Crippen molar-refractivity contribution >= 4 is 28.7 Å². The van der Waals surface area contributed by atoms with Gasteiger partial charge in [-0.2, -0.15) is 0 Å². The van der Waals surface area contributed by atoms with Gasteiger partial charge in [0.1, 0.15) is 0 Å². The summed E-state index contributed by atoms with van der Waals surface area (Å²) in [6.07, 6.45) is 3.73. The van der Waals surface area contributed by atoms with E-state index in [0.29, 0.717) is 16.6 Å². The molecule has 2 heterocycles. The second-order valence-corrected chi connectivity index (χ2v) is 4.76. The van der Waals surface area contributed by atoms with Gasteiger partial charge in [0.25, 0.3) is 0 Å². The van der Waals surface area contributed by atoms with Crippen molar-refractivity contribution in [3.8, 4) is 0 Å². The van der Waals surface area contributed by atoms with Gasteiger partial charge in [-0.3, -0.25) is 4.79 Å². The third-order valence-electron chi connectivity index (χ3n) is 2.06. The lowest BCUT2D eigenvalue weighted by Crippen LogP contribution is -2.09. The highest BCUT2D eigenvalue weighted by Crippen LogP contribution is 2.20. The zero-order valence-electron chi connectivity index (χ0n) is 8.11. The van der Waals surface area contributed by atoms with Crippen molar-refractivity contribution in [2.45, 2.75) is 6.42 Å². The summed E-state index contributed by atoms with van der Waals surface area (Å²) >= 11 is 7.22. The van der Waals surface area contributed by atoms with E-state index in [2.05, 4.69) is 4.98 Å². The highest BCUT2D eigenvalue weighted by molar-refractivity contribution is 7.14. The Kier molecular flexibility index (Phi) is 2.88. The van der Waals surface area contributed by atoms with Crippen LogP contribution < -0.4 is 0 Å². The number of aromatic nitrogens is 2. The van der Waals surface area contributed by atoms with Crippen molar-refractivity contribution in [1.82, 2.24) is 9.55 Å². The van der Waals surface area contributed by atoms with Crippen LogP contribution >= 0.6 is 22.9 Å². The van der Waals surface area contributed by atoms with Crippen molar-refractivity contribution in [3.63, 3.8) is 0 Å². The summed E-state index contributed by atoms with van der Waals surface area (Å²) in [6, 6.07) is 1.81. The van der Waals surface area contributed by atoms with E-state index in [1.807, 2.05) is 11.4 Å². The third-order valence-corrected chi connectivity index (χ3v) is 3.20. The largest absolute Gasteiger partial charge is 0.332 e. The molecule has 2 rings (SSSR count). The third kappa shape index (κ3) is 2.27. The highest BCUT2D eigenvalue weighted by atomic mass is 35.5. The Balaban J connectivity index is 2.14. The standard InChI is InChI=1S/C10H9ClN2OS/c1-13-3-2-12-10(13)8(14)4-7-5-9(11)15-6-7/h2-3,5-6H,4H2,1H3. The summed E-state index contributed by atoms with van der Waals surface area (Å²) in [5.41, 5.74) is 0.943. The fraction of sp³-hybridized carbons (Fsp3) is 0.200.